The van der Waals surface area contributed by atoms with Crippen LogP contribution in [0.2, 0.25) is 0 Å². The first-order chi connectivity index (χ1) is 16.0. The second kappa shape index (κ2) is 10.3. The lowest BCUT2D eigenvalue weighted by Crippen LogP contribution is -2.23. The first kappa shape index (κ1) is 22.5. The number of nitrogens with zero attached hydrogens (tertiary/aromatic N) is 3. The third-order valence-corrected chi connectivity index (χ3v) is 5.59. The van der Waals surface area contributed by atoms with E-state index in [2.05, 4.69) is 20.6 Å². The molecular formula is C24H21F2N5OS. The van der Waals surface area contributed by atoms with Crippen LogP contribution < -0.4 is 10.6 Å². The lowest BCUT2D eigenvalue weighted by molar-refractivity contribution is 0.0951. The standard InChI is InChI=1S/C24H21F2N5OS/c1-16-27-12-13-31(16)22-14-17(10-11-28-22)15-29-23(32)20-4-2-3-5-21(20)30-18-6-8-19(9-7-18)33-24(25)26/h2-14,24,30H,15H2,1H3,(H,29,32). The van der Waals surface area contributed by atoms with Crippen molar-refractivity contribution in [2.75, 3.05) is 5.32 Å². The van der Waals surface area contributed by atoms with Gasteiger partial charge >= 0.3 is 0 Å². The second-order valence-electron chi connectivity index (χ2n) is 7.12. The van der Waals surface area contributed by atoms with E-state index in [4.69, 9.17) is 0 Å². The molecule has 2 heterocycles. The zero-order valence-corrected chi connectivity index (χ0v) is 18.5. The van der Waals surface area contributed by atoms with Crippen LogP contribution in [0.4, 0.5) is 20.2 Å². The average Bonchev–Trinajstić information content (AvgIpc) is 3.25. The Bertz CT molecular complexity index is 1240. The van der Waals surface area contributed by atoms with Gasteiger partial charge in [0.2, 0.25) is 0 Å². The minimum atomic E-state index is -2.46. The van der Waals surface area contributed by atoms with Gasteiger partial charge in [0.15, 0.2) is 0 Å². The molecule has 4 aromatic rings. The van der Waals surface area contributed by atoms with Gasteiger partial charge < -0.3 is 10.6 Å². The molecule has 0 saturated carbocycles. The van der Waals surface area contributed by atoms with Crippen molar-refractivity contribution < 1.29 is 13.6 Å². The molecule has 0 aliphatic carbocycles. The summed E-state index contributed by atoms with van der Waals surface area (Å²) < 4.78 is 26.9. The number of hydrogen-bond acceptors (Lipinski definition) is 5. The van der Waals surface area contributed by atoms with Gasteiger partial charge in [-0.25, -0.2) is 9.97 Å². The zero-order valence-electron chi connectivity index (χ0n) is 17.7. The highest BCUT2D eigenvalue weighted by molar-refractivity contribution is 7.99. The number of carbonyl (C=O) groups is 1. The Morgan fingerprint density at radius 1 is 1.06 bits per heavy atom. The predicted octanol–water partition coefficient (Wildman–Crippen LogP) is 5.56. The molecule has 1 amide bonds. The van der Waals surface area contributed by atoms with Crippen molar-refractivity contribution in [1.29, 1.82) is 0 Å². The lowest BCUT2D eigenvalue weighted by Gasteiger charge is -2.13. The highest BCUT2D eigenvalue weighted by Crippen LogP contribution is 2.28. The van der Waals surface area contributed by atoms with Gasteiger partial charge in [0.1, 0.15) is 11.6 Å². The number of amides is 1. The molecule has 2 N–H and O–H groups in total. The number of alkyl halides is 2. The minimum Gasteiger partial charge on any atom is -0.355 e. The molecule has 0 spiro atoms. The van der Waals surface area contributed by atoms with Crippen LogP contribution in [0.25, 0.3) is 5.82 Å². The maximum atomic E-state index is 12.9. The lowest BCUT2D eigenvalue weighted by atomic mass is 10.1. The predicted molar refractivity (Wildman–Crippen MR) is 125 cm³/mol. The Hall–Kier alpha value is -3.72. The normalized spacial score (nSPS) is 10.9. The van der Waals surface area contributed by atoms with E-state index < -0.39 is 5.76 Å². The van der Waals surface area contributed by atoms with Crippen molar-refractivity contribution in [2.24, 2.45) is 0 Å². The number of hydrogen-bond donors (Lipinski definition) is 2. The molecule has 4 rings (SSSR count). The summed E-state index contributed by atoms with van der Waals surface area (Å²) in [5, 5.41) is 6.13. The molecule has 9 heteroatoms. The van der Waals surface area contributed by atoms with Crippen LogP contribution in [0.3, 0.4) is 0 Å². The highest BCUT2D eigenvalue weighted by Gasteiger charge is 2.12. The molecule has 0 saturated heterocycles. The second-order valence-corrected chi connectivity index (χ2v) is 8.19. The van der Waals surface area contributed by atoms with E-state index in [-0.39, 0.29) is 5.91 Å². The number of aryl methyl sites for hydroxylation is 1. The summed E-state index contributed by atoms with van der Waals surface area (Å²) in [5.74, 6) is -1.15. The van der Waals surface area contributed by atoms with Crippen LogP contribution in [-0.4, -0.2) is 26.2 Å². The molecule has 0 atom stereocenters. The van der Waals surface area contributed by atoms with Crippen molar-refractivity contribution in [3.63, 3.8) is 0 Å². The summed E-state index contributed by atoms with van der Waals surface area (Å²) in [4.78, 5) is 22.0. The molecule has 6 nitrogen and oxygen atoms in total. The third-order valence-electron chi connectivity index (χ3n) is 4.87. The number of pyridine rings is 1. The third kappa shape index (κ3) is 5.75. The summed E-state index contributed by atoms with van der Waals surface area (Å²) in [7, 11) is 0. The summed E-state index contributed by atoms with van der Waals surface area (Å²) in [5.41, 5.74) is 2.69. The van der Waals surface area contributed by atoms with Crippen LogP contribution in [0.5, 0.6) is 0 Å². The van der Waals surface area contributed by atoms with E-state index >= 15 is 0 Å². The van der Waals surface area contributed by atoms with E-state index in [1.165, 1.54) is 0 Å². The average molecular weight is 466 g/mol. The van der Waals surface area contributed by atoms with Crippen LogP contribution >= 0.6 is 11.8 Å². The number of aromatic nitrogens is 3. The van der Waals surface area contributed by atoms with E-state index in [1.807, 2.05) is 35.9 Å². The molecule has 0 unspecified atom stereocenters. The van der Waals surface area contributed by atoms with Gasteiger partial charge in [-0.2, -0.15) is 8.78 Å². The van der Waals surface area contributed by atoms with Crippen molar-refractivity contribution in [2.45, 2.75) is 24.1 Å². The first-order valence-electron chi connectivity index (χ1n) is 10.1. The molecule has 0 bridgehead atoms. The van der Waals surface area contributed by atoms with Gasteiger partial charge in [-0.15, -0.1) is 0 Å². The van der Waals surface area contributed by atoms with Gasteiger partial charge in [-0.1, -0.05) is 23.9 Å². The van der Waals surface area contributed by atoms with Crippen LogP contribution in [-0.2, 0) is 6.54 Å². The number of nitrogens with one attached hydrogen (secondary N) is 2. The van der Waals surface area contributed by atoms with Gasteiger partial charge in [0.05, 0.1) is 11.3 Å². The van der Waals surface area contributed by atoms with E-state index in [0.29, 0.717) is 40.1 Å². The molecule has 33 heavy (non-hydrogen) atoms. The number of carbonyl (C=O) groups excluding carboxylic acids is 1. The van der Waals surface area contributed by atoms with Crippen LogP contribution in [0.15, 0.2) is 84.1 Å². The Balaban J connectivity index is 1.44. The van der Waals surface area contributed by atoms with Gasteiger partial charge in [0.25, 0.3) is 11.7 Å². The van der Waals surface area contributed by atoms with Crippen LogP contribution in [0.1, 0.15) is 21.7 Å². The Morgan fingerprint density at radius 2 is 1.85 bits per heavy atom. The topological polar surface area (TPSA) is 71.8 Å². The van der Waals surface area contributed by atoms with E-state index in [0.717, 1.165) is 17.2 Å². The number of thioether (sulfide) groups is 1. The minimum absolute atomic E-state index is 0.236. The number of benzene rings is 2. The van der Waals surface area contributed by atoms with Gasteiger partial charge in [-0.05, 0) is 61.0 Å². The summed E-state index contributed by atoms with van der Waals surface area (Å²) in [6, 6.07) is 17.5. The number of para-hydroxylation sites is 1. The highest BCUT2D eigenvalue weighted by atomic mass is 32.2. The maximum absolute atomic E-state index is 12.9. The molecule has 168 valence electrons. The SMILES string of the molecule is Cc1nccn1-c1cc(CNC(=O)c2ccccc2Nc2ccc(SC(F)F)cc2)ccn1. The largest absolute Gasteiger partial charge is 0.355 e. The fraction of sp³-hybridized carbons (Fsp3) is 0.125. The summed E-state index contributed by atoms with van der Waals surface area (Å²) >= 11 is 0.492. The Morgan fingerprint density at radius 3 is 2.58 bits per heavy atom. The first-order valence-corrected chi connectivity index (χ1v) is 11.0. The van der Waals surface area contributed by atoms with Gasteiger partial charge in [0, 0.05) is 35.7 Å². The monoisotopic (exact) mass is 465 g/mol. The fourth-order valence-corrected chi connectivity index (χ4v) is 3.76. The zero-order chi connectivity index (χ0) is 23.2. The molecule has 0 aliphatic heterocycles. The van der Waals surface area contributed by atoms with Crippen molar-refractivity contribution >= 4 is 29.0 Å². The quantitative estimate of drug-likeness (QED) is 0.333. The molecule has 2 aromatic carbocycles. The van der Waals surface area contributed by atoms with Gasteiger partial charge in [-0.3, -0.25) is 9.36 Å². The molecule has 0 fully saturated rings. The fourth-order valence-electron chi connectivity index (χ4n) is 3.27. The number of anilines is 2. The molecular weight excluding hydrogens is 444 g/mol. The van der Waals surface area contributed by atoms with Crippen LogP contribution in [0, 0.1) is 6.92 Å². The Labute approximate surface area is 194 Å². The molecule has 0 aliphatic rings. The number of rotatable bonds is 8. The maximum Gasteiger partial charge on any atom is 0.288 e. The van der Waals surface area contributed by atoms with Crippen molar-refractivity contribution in [3.8, 4) is 5.82 Å². The summed E-state index contributed by atoms with van der Waals surface area (Å²) in [6.45, 7) is 2.22. The molecule has 0 radical (unpaired) electrons. The number of imidazole rings is 1. The van der Waals surface area contributed by atoms with Crippen molar-refractivity contribution in [1.82, 2.24) is 19.9 Å². The Kier molecular flexibility index (Phi) is 6.99. The smallest absolute Gasteiger partial charge is 0.288 e. The summed E-state index contributed by atoms with van der Waals surface area (Å²) in [6.07, 6.45) is 5.24. The number of halogens is 2. The molecule has 2 aromatic heterocycles. The van der Waals surface area contributed by atoms with Crippen molar-refractivity contribution in [3.05, 3.63) is 96.2 Å². The van der Waals surface area contributed by atoms with E-state index in [1.54, 1.807) is 54.9 Å². The van der Waals surface area contributed by atoms with E-state index in [9.17, 15) is 13.6 Å².